The fourth-order valence-electron chi connectivity index (χ4n) is 2.49. The van der Waals surface area contributed by atoms with E-state index in [1.807, 2.05) is 13.8 Å². The van der Waals surface area contributed by atoms with Crippen molar-refractivity contribution in [2.75, 3.05) is 23.9 Å². The molecule has 152 valence electrons. The minimum absolute atomic E-state index is 0.217. The Hall–Kier alpha value is 1.19. The predicted molar refractivity (Wildman–Crippen MR) is 115 cm³/mol. The monoisotopic (exact) mass is 522 g/mol. The van der Waals surface area contributed by atoms with Crippen LogP contribution in [0.2, 0.25) is 26.2 Å². The summed E-state index contributed by atoms with van der Waals surface area (Å²) in [5.74, 6) is 0. The van der Waals surface area contributed by atoms with E-state index in [-0.39, 0.29) is 12.6 Å². The Morgan fingerprint density at radius 3 is 1.36 bits per heavy atom. The molecule has 0 aromatic rings. The number of hydrogen-bond donors (Lipinski definition) is 0. The van der Waals surface area contributed by atoms with E-state index in [1.54, 1.807) is 0 Å². The first-order valence-corrected chi connectivity index (χ1v) is 17.0. The molecule has 0 saturated carbocycles. The van der Waals surface area contributed by atoms with Crippen molar-refractivity contribution >= 4 is 49.0 Å². The zero-order chi connectivity index (χ0) is 19.3. The van der Waals surface area contributed by atoms with Crippen molar-refractivity contribution in [1.82, 2.24) is 0 Å². The molecule has 25 heavy (non-hydrogen) atoms. The van der Waals surface area contributed by atoms with E-state index in [0.29, 0.717) is 13.2 Å². The maximum Gasteiger partial charge on any atom is 0.324 e. The molecule has 0 radical (unpaired) electrons. The maximum absolute atomic E-state index is 6.39. The van der Waals surface area contributed by atoms with Crippen LogP contribution in [0.5, 0.6) is 0 Å². The van der Waals surface area contributed by atoms with Crippen molar-refractivity contribution in [3.63, 3.8) is 0 Å². The van der Waals surface area contributed by atoms with Crippen molar-refractivity contribution in [1.29, 1.82) is 0 Å². The zero-order valence-electron chi connectivity index (χ0n) is 16.6. The molecule has 0 fully saturated rings. The van der Waals surface area contributed by atoms with E-state index < -0.39 is 17.1 Å². The van der Waals surface area contributed by atoms with Gasteiger partial charge >= 0.3 is 17.1 Å². The minimum Gasteiger partial charge on any atom is -0.415 e. The minimum atomic E-state index is -2.38. The lowest BCUT2D eigenvalue weighted by Crippen LogP contribution is -2.52. The topological polar surface area (TPSA) is 46.2 Å². The van der Waals surface area contributed by atoms with Gasteiger partial charge in [-0.1, -0.05) is 31.9 Å². The number of hydrogen-bond acceptors (Lipinski definition) is 5. The van der Waals surface area contributed by atoms with E-state index >= 15 is 0 Å². The van der Waals surface area contributed by atoms with Gasteiger partial charge in [0, 0.05) is 23.9 Å². The highest BCUT2D eigenvalue weighted by Gasteiger charge is 2.39. The summed E-state index contributed by atoms with van der Waals surface area (Å²) in [6.45, 7) is 13.5. The summed E-state index contributed by atoms with van der Waals surface area (Å²) in [4.78, 5) is 0. The van der Waals surface area contributed by atoms with Gasteiger partial charge in [-0.3, -0.25) is 0 Å². The van der Waals surface area contributed by atoms with Gasteiger partial charge in [0.15, 0.2) is 0 Å². The van der Waals surface area contributed by atoms with Crippen LogP contribution >= 0.6 is 31.9 Å². The van der Waals surface area contributed by atoms with Crippen LogP contribution in [0, 0.1) is 0 Å². The summed E-state index contributed by atoms with van der Waals surface area (Å²) in [7, 11) is -4.76. The summed E-state index contributed by atoms with van der Waals surface area (Å²) in [5.41, 5.74) is 0. The second kappa shape index (κ2) is 14.2. The Bertz CT molecular complexity index is 306. The Balaban J connectivity index is 4.72. The van der Waals surface area contributed by atoms with Crippen LogP contribution in [0.25, 0.3) is 0 Å². The van der Waals surface area contributed by atoms with Gasteiger partial charge in [-0.15, -0.1) is 0 Å². The molecule has 0 rings (SSSR count). The van der Waals surface area contributed by atoms with Crippen LogP contribution in [0.3, 0.4) is 0 Å². The molecule has 2 unspecified atom stereocenters. The maximum atomic E-state index is 6.39. The van der Waals surface area contributed by atoms with Gasteiger partial charge in [0.2, 0.25) is 0 Å². The molecule has 0 aromatic carbocycles. The van der Waals surface area contributed by atoms with Gasteiger partial charge in [-0.05, 0) is 65.7 Å². The molecule has 0 aliphatic rings. The van der Waals surface area contributed by atoms with Crippen molar-refractivity contribution in [2.45, 2.75) is 78.3 Å². The van der Waals surface area contributed by atoms with E-state index in [1.165, 1.54) is 0 Å². The molecular weight excluding hydrogens is 488 g/mol. The number of alkyl halides is 2. The molecule has 0 aromatic heterocycles. The summed E-state index contributed by atoms with van der Waals surface area (Å²) in [5, 5.41) is 1.88. The third-order valence-electron chi connectivity index (χ3n) is 3.17. The molecule has 2 atom stereocenters. The average Bonchev–Trinajstić information content (AvgIpc) is 2.49. The van der Waals surface area contributed by atoms with Gasteiger partial charge < -0.3 is 22.4 Å². The van der Waals surface area contributed by atoms with Crippen LogP contribution < -0.4 is 0 Å². The fraction of sp³-hybridized carbons (Fsp3) is 1.00. The predicted octanol–water partition coefficient (Wildman–Crippen LogP) is 5.52. The number of halogens is 2. The summed E-state index contributed by atoms with van der Waals surface area (Å²) in [6.07, 6.45) is 3.29. The standard InChI is InChI=1S/C16H36Br2O5Si2/c1-7-19-15(11-9-13-17)21-24(3,4)23-25(5,6)22-16(20-8-2)12-10-14-18/h15-16H,7-14H2,1-6H3. The van der Waals surface area contributed by atoms with E-state index in [4.69, 9.17) is 22.4 Å². The Morgan fingerprint density at radius 2 is 1.08 bits per heavy atom. The molecular formula is C16H36Br2O5Si2. The van der Waals surface area contributed by atoms with Crippen LogP contribution in [0.4, 0.5) is 0 Å². The highest BCUT2D eigenvalue weighted by Crippen LogP contribution is 2.23. The summed E-state index contributed by atoms with van der Waals surface area (Å²) >= 11 is 6.92. The van der Waals surface area contributed by atoms with Crippen molar-refractivity contribution in [3.8, 4) is 0 Å². The number of ether oxygens (including phenoxy) is 2. The van der Waals surface area contributed by atoms with Crippen LogP contribution in [-0.2, 0) is 22.4 Å². The van der Waals surface area contributed by atoms with Crippen LogP contribution in [0.15, 0.2) is 0 Å². The molecule has 0 bridgehead atoms. The lowest BCUT2D eigenvalue weighted by molar-refractivity contribution is -0.105. The van der Waals surface area contributed by atoms with E-state index in [2.05, 4.69) is 58.0 Å². The average molecular weight is 524 g/mol. The molecule has 5 nitrogen and oxygen atoms in total. The third kappa shape index (κ3) is 13.9. The summed E-state index contributed by atoms with van der Waals surface area (Å²) in [6, 6.07) is 0. The molecule has 0 aliphatic heterocycles. The first-order valence-electron chi connectivity index (χ1n) is 9.10. The highest BCUT2D eigenvalue weighted by atomic mass is 79.9. The molecule has 0 amide bonds. The van der Waals surface area contributed by atoms with Gasteiger partial charge in [0.1, 0.15) is 12.6 Å². The van der Waals surface area contributed by atoms with Gasteiger partial charge in [-0.25, -0.2) is 0 Å². The van der Waals surface area contributed by atoms with E-state index in [9.17, 15) is 0 Å². The van der Waals surface area contributed by atoms with Crippen molar-refractivity contribution in [2.24, 2.45) is 0 Å². The fourth-order valence-corrected chi connectivity index (χ4v) is 9.89. The molecule has 0 saturated heterocycles. The SMILES string of the molecule is CCOC(CCCBr)O[Si](C)(C)O[Si](C)(C)OC(CCCBr)OCC. The zero-order valence-corrected chi connectivity index (χ0v) is 21.8. The Kier molecular flexibility index (Phi) is 14.9. The van der Waals surface area contributed by atoms with Crippen LogP contribution in [-0.4, -0.2) is 53.6 Å². The van der Waals surface area contributed by atoms with E-state index in [0.717, 1.165) is 36.3 Å². The van der Waals surface area contributed by atoms with Gasteiger partial charge in [0.25, 0.3) is 0 Å². The van der Waals surface area contributed by atoms with Gasteiger partial charge in [0.05, 0.1) is 0 Å². The molecule has 0 heterocycles. The first kappa shape index (κ1) is 26.2. The Morgan fingerprint density at radius 1 is 0.720 bits per heavy atom. The first-order chi connectivity index (χ1) is 11.7. The highest BCUT2D eigenvalue weighted by molar-refractivity contribution is 9.09. The van der Waals surface area contributed by atoms with Crippen molar-refractivity contribution in [3.05, 3.63) is 0 Å². The lowest BCUT2D eigenvalue weighted by atomic mass is 10.3. The quantitative estimate of drug-likeness (QED) is 0.151. The Labute approximate surface area is 173 Å². The van der Waals surface area contributed by atoms with Gasteiger partial charge in [-0.2, -0.15) is 0 Å². The second-order valence-corrected chi connectivity index (χ2v) is 15.0. The lowest BCUT2D eigenvalue weighted by Gasteiger charge is -2.36. The molecule has 0 aliphatic carbocycles. The molecule has 9 heteroatoms. The second-order valence-electron chi connectivity index (χ2n) is 6.57. The smallest absolute Gasteiger partial charge is 0.324 e. The third-order valence-corrected chi connectivity index (χ3v) is 9.89. The normalized spacial score (nSPS) is 15.4. The molecule has 0 N–H and O–H groups in total. The van der Waals surface area contributed by atoms with Crippen LogP contribution in [0.1, 0.15) is 39.5 Å². The number of rotatable bonds is 16. The molecule has 0 spiro atoms. The largest absolute Gasteiger partial charge is 0.415 e. The van der Waals surface area contributed by atoms with Crippen molar-refractivity contribution < 1.29 is 22.4 Å². The summed E-state index contributed by atoms with van der Waals surface area (Å²) < 4.78 is 30.3.